The second-order valence-electron chi connectivity index (χ2n) is 6.53. The smallest absolute Gasteiger partial charge is 0.0266 e. The van der Waals surface area contributed by atoms with E-state index in [1.807, 2.05) is 0 Å². The molecule has 0 aliphatic carbocycles. The molecule has 0 aromatic carbocycles. The van der Waals surface area contributed by atoms with Gasteiger partial charge in [0.15, 0.2) is 0 Å². The number of likely N-dealkylation sites (tertiary alicyclic amines) is 1. The molecule has 1 nitrogen and oxygen atoms in total. The summed E-state index contributed by atoms with van der Waals surface area (Å²) in [5.74, 6) is 0. The van der Waals surface area contributed by atoms with Crippen molar-refractivity contribution in [2.45, 2.75) is 92.5 Å². The fourth-order valence-electron chi connectivity index (χ4n) is 6.06. The fraction of sp³-hybridized carbons (Fsp3) is 1.00. The maximum atomic E-state index is 2.84. The third kappa shape index (κ3) is 1.91. The van der Waals surface area contributed by atoms with E-state index in [1.165, 1.54) is 51.6 Å². The van der Waals surface area contributed by atoms with E-state index >= 15 is 0 Å². The Kier molecular flexibility index (Phi) is 5.52. The minimum atomic E-state index is 0.428. The van der Waals surface area contributed by atoms with Crippen LogP contribution in [0, 0.1) is 10.8 Å². The second kappa shape index (κ2) is 6.16. The van der Waals surface area contributed by atoms with Gasteiger partial charge in [-0.15, -0.1) is 0 Å². The van der Waals surface area contributed by atoms with Crippen LogP contribution in [0.4, 0.5) is 0 Å². The van der Waals surface area contributed by atoms with Crippen molar-refractivity contribution in [2.75, 3.05) is 13.1 Å². The van der Waals surface area contributed by atoms with Crippen LogP contribution in [0.15, 0.2) is 0 Å². The van der Waals surface area contributed by atoms with Crippen molar-refractivity contribution in [2.24, 2.45) is 10.8 Å². The van der Waals surface area contributed by atoms with Gasteiger partial charge < -0.3 is 0 Å². The van der Waals surface area contributed by atoms with Gasteiger partial charge in [0.1, 0.15) is 0 Å². The summed E-state index contributed by atoms with van der Waals surface area (Å²) in [4.78, 5) is 2.84. The molecule has 0 aromatic rings. The summed E-state index contributed by atoms with van der Waals surface area (Å²) in [5, 5.41) is 0. The lowest BCUT2D eigenvalue weighted by Crippen LogP contribution is -2.55. The molecule has 1 rings (SSSR count). The van der Waals surface area contributed by atoms with E-state index in [0.717, 1.165) is 0 Å². The van der Waals surface area contributed by atoms with E-state index in [2.05, 4.69) is 53.4 Å². The lowest BCUT2D eigenvalue weighted by molar-refractivity contribution is -0.0310. The average molecular weight is 268 g/mol. The molecule has 0 unspecified atom stereocenters. The van der Waals surface area contributed by atoms with Gasteiger partial charge in [-0.05, 0) is 55.9 Å². The number of nitrogens with zero attached hydrogens (tertiary/aromatic N) is 1. The number of hydrogen-bond donors (Lipinski definition) is 0. The minimum absolute atomic E-state index is 0.428. The first-order valence-corrected chi connectivity index (χ1v) is 8.78. The Morgan fingerprint density at radius 1 is 0.684 bits per heavy atom. The largest absolute Gasteiger partial charge is 0.297 e. The third-order valence-corrected chi connectivity index (χ3v) is 7.12. The highest BCUT2D eigenvalue weighted by Gasteiger charge is 2.65. The average Bonchev–Trinajstić information content (AvgIpc) is 2.73. The highest BCUT2D eigenvalue weighted by molar-refractivity contribution is 5.17. The maximum Gasteiger partial charge on any atom is 0.0266 e. The molecule has 1 aliphatic rings. The lowest BCUT2D eigenvalue weighted by Gasteiger charge is -2.54. The predicted molar refractivity (Wildman–Crippen MR) is 86.6 cm³/mol. The van der Waals surface area contributed by atoms with Crippen molar-refractivity contribution in [3.8, 4) is 0 Å². The van der Waals surface area contributed by atoms with Crippen LogP contribution in [0.3, 0.4) is 0 Å². The van der Waals surface area contributed by atoms with E-state index in [4.69, 9.17) is 0 Å². The van der Waals surface area contributed by atoms with Crippen molar-refractivity contribution in [3.05, 3.63) is 0 Å². The van der Waals surface area contributed by atoms with Crippen molar-refractivity contribution < 1.29 is 0 Å². The zero-order valence-electron chi connectivity index (χ0n) is 14.6. The molecule has 1 aliphatic heterocycles. The van der Waals surface area contributed by atoms with Gasteiger partial charge in [0.25, 0.3) is 0 Å². The summed E-state index contributed by atoms with van der Waals surface area (Å²) in [7, 11) is 0. The van der Waals surface area contributed by atoms with Crippen molar-refractivity contribution in [1.29, 1.82) is 0 Å². The third-order valence-electron chi connectivity index (χ3n) is 7.12. The zero-order chi connectivity index (χ0) is 14.7. The molecule has 1 saturated heterocycles. The summed E-state index contributed by atoms with van der Waals surface area (Å²) >= 11 is 0. The Balaban J connectivity index is 3.49. The van der Waals surface area contributed by atoms with E-state index in [9.17, 15) is 0 Å². The van der Waals surface area contributed by atoms with Gasteiger partial charge in [-0.1, -0.05) is 48.5 Å². The molecule has 0 atom stereocenters. The van der Waals surface area contributed by atoms with Gasteiger partial charge in [-0.25, -0.2) is 0 Å². The molecule has 0 saturated carbocycles. The summed E-state index contributed by atoms with van der Waals surface area (Å²) < 4.78 is 0. The molecular formula is C18H37N. The predicted octanol–water partition coefficient (Wildman–Crippen LogP) is 5.49. The Hall–Kier alpha value is -0.0400. The van der Waals surface area contributed by atoms with Crippen LogP contribution in [-0.2, 0) is 0 Å². The topological polar surface area (TPSA) is 3.24 Å². The molecule has 1 fully saturated rings. The summed E-state index contributed by atoms with van der Waals surface area (Å²) in [6.45, 7) is 19.5. The molecule has 0 N–H and O–H groups in total. The van der Waals surface area contributed by atoms with Crippen molar-refractivity contribution >= 4 is 0 Å². The Bertz CT molecular complexity index is 269. The van der Waals surface area contributed by atoms with Gasteiger partial charge in [0, 0.05) is 12.1 Å². The Labute approximate surface area is 122 Å². The monoisotopic (exact) mass is 267 g/mol. The molecule has 0 spiro atoms. The molecule has 0 bridgehead atoms. The van der Waals surface area contributed by atoms with Crippen LogP contribution >= 0.6 is 0 Å². The molecule has 1 heteroatoms. The van der Waals surface area contributed by atoms with E-state index in [-0.39, 0.29) is 0 Å². The molecular weight excluding hydrogens is 230 g/mol. The number of rotatable bonds is 7. The van der Waals surface area contributed by atoms with Crippen molar-refractivity contribution in [1.82, 2.24) is 4.90 Å². The SMILES string of the molecule is CCN1CC(CC)(CC)C(CC)(CC)C1(CC)CC. The van der Waals surface area contributed by atoms with E-state index in [1.54, 1.807) is 0 Å². The first kappa shape index (κ1) is 17.0. The minimum Gasteiger partial charge on any atom is -0.297 e. The Morgan fingerprint density at radius 3 is 1.42 bits per heavy atom. The first-order valence-electron chi connectivity index (χ1n) is 8.78. The molecule has 114 valence electrons. The van der Waals surface area contributed by atoms with Crippen LogP contribution in [0.25, 0.3) is 0 Å². The summed E-state index contributed by atoms with van der Waals surface area (Å²) in [6, 6.07) is 0. The van der Waals surface area contributed by atoms with Gasteiger partial charge in [0.05, 0.1) is 0 Å². The van der Waals surface area contributed by atoms with Gasteiger partial charge in [-0.3, -0.25) is 4.90 Å². The van der Waals surface area contributed by atoms with Gasteiger partial charge in [0.2, 0.25) is 0 Å². The van der Waals surface area contributed by atoms with E-state index < -0.39 is 0 Å². The normalized spacial score (nSPS) is 24.8. The van der Waals surface area contributed by atoms with Crippen LogP contribution in [-0.4, -0.2) is 23.5 Å². The van der Waals surface area contributed by atoms with Crippen LogP contribution < -0.4 is 0 Å². The molecule has 19 heavy (non-hydrogen) atoms. The lowest BCUT2D eigenvalue weighted by atomic mass is 9.51. The summed E-state index contributed by atoms with van der Waals surface area (Å²) in [5.41, 5.74) is 1.46. The molecule has 0 amide bonds. The molecule has 0 radical (unpaired) electrons. The first-order chi connectivity index (χ1) is 9.03. The Morgan fingerprint density at radius 2 is 1.16 bits per heavy atom. The highest BCUT2D eigenvalue weighted by atomic mass is 15.3. The molecule has 1 heterocycles. The maximum absolute atomic E-state index is 2.84. The molecule has 0 aromatic heterocycles. The second-order valence-corrected chi connectivity index (χ2v) is 6.53. The zero-order valence-corrected chi connectivity index (χ0v) is 14.6. The van der Waals surface area contributed by atoms with E-state index in [0.29, 0.717) is 16.4 Å². The fourth-order valence-corrected chi connectivity index (χ4v) is 6.06. The van der Waals surface area contributed by atoms with Crippen molar-refractivity contribution in [3.63, 3.8) is 0 Å². The quantitative estimate of drug-likeness (QED) is 0.589. The highest BCUT2D eigenvalue weighted by Crippen LogP contribution is 2.65. The van der Waals surface area contributed by atoms with Gasteiger partial charge >= 0.3 is 0 Å². The van der Waals surface area contributed by atoms with Gasteiger partial charge in [-0.2, -0.15) is 0 Å². The number of hydrogen-bond acceptors (Lipinski definition) is 1. The van der Waals surface area contributed by atoms with Crippen LogP contribution in [0.2, 0.25) is 0 Å². The van der Waals surface area contributed by atoms with Crippen LogP contribution in [0.1, 0.15) is 87.0 Å². The summed E-state index contributed by atoms with van der Waals surface area (Å²) in [6.07, 6.45) is 7.96. The van der Waals surface area contributed by atoms with Crippen LogP contribution in [0.5, 0.6) is 0 Å². The standard InChI is InChI=1S/C18H37N/c1-8-16(9-2)15-19(14-7)18(12-5,13-6)17(16,10-3)11-4/h8-15H2,1-7H3.